The highest BCUT2D eigenvalue weighted by molar-refractivity contribution is 6.34. The van der Waals surface area contributed by atoms with Crippen molar-refractivity contribution in [1.29, 1.82) is 0 Å². The molecule has 2 N–H and O–H groups in total. The van der Waals surface area contributed by atoms with Crippen molar-refractivity contribution >= 4 is 69.3 Å². The number of aromatic nitrogens is 2. The number of amides is 1. The fraction of sp³-hybridized carbons (Fsp3) is 0.500. The van der Waals surface area contributed by atoms with Crippen molar-refractivity contribution in [2.45, 2.75) is 89.1 Å². The number of nitrogens with one attached hydrogen (secondary N) is 1. The summed E-state index contributed by atoms with van der Waals surface area (Å²) >= 11 is 12.8. The van der Waals surface area contributed by atoms with E-state index in [4.69, 9.17) is 51.5 Å². The molecule has 2 aromatic heterocycles. The molecule has 1 amide bonds. The predicted molar refractivity (Wildman–Crippen MR) is 288 cm³/mol. The summed E-state index contributed by atoms with van der Waals surface area (Å²) in [6, 6.07) is 19.1. The highest BCUT2D eigenvalue weighted by atomic mass is 35.5. The lowest BCUT2D eigenvalue weighted by Crippen LogP contribution is -2.47. The Kier molecular flexibility index (Phi) is 15.4. The van der Waals surface area contributed by atoms with Crippen molar-refractivity contribution in [3.63, 3.8) is 0 Å². The number of likely N-dealkylation sites (N-methyl/N-ethyl adjacent to an activating group) is 2. The Bertz CT molecular complexity index is 2870. The number of anilines is 2. The van der Waals surface area contributed by atoms with Crippen molar-refractivity contribution in [2.75, 3.05) is 76.5 Å². The number of pyridine rings is 2. The van der Waals surface area contributed by atoms with Gasteiger partial charge in [0, 0.05) is 85.4 Å². The van der Waals surface area contributed by atoms with Crippen LogP contribution < -0.4 is 15.3 Å². The van der Waals surface area contributed by atoms with E-state index in [0.717, 1.165) is 110 Å². The summed E-state index contributed by atoms with van der Waals surface area (Å²) in [4.78, 5) is 47.2. The minimum atomic E-state index is -1.01. The molecule has 4 fully saturated rings. The number of benzene rings is 2. The van der Waals surface area contributed by atoms with Crippen LogP contribution in [0.3, 0.4) is 0 Å². The maximum Gasteiger partial charge on any atom is 0.354 e. The van der Waals surface area contributed by atoms with Crippen LogP contribution in [-0.4, -0.2) is 132 Å². The van der Waals surface area contributed by atoms with Gasteiger partial charge in [0.15, 0.2) is 0 Å². The molecule has 0 radical (unpaired) electrons. The van der Waals surface area contributed by atoms with Crippen molar-refractivity contribution in [2.24, 2.45) is 33.9 Å². The van der Waals surface area contributed by atoms with Gasteiger partial charge in [-0.15, -0.1) is 0 Å². The number of carbonyl (C=O) groups is 2. The third-order valence-electron chi connectivity index (χ3n) is 16.4. The summed E-state index contributed by atoms with van der Waals surface area (Å²) in [5, 5.41) is 28.0. The number of fused-ring (bicyclic) bond motifs is 6. The molecule has 0 bridgehead atoms. The molecule has 4 aromatic rings. The van der Waals surface area contributed by atoms with Gasteiger partial charge in [0.2, 0.25) is 11.4 Å². The van der Waals surface area contributed by atoms with Gasteiger partial charge in [0.1, 0.15) is 11.4 Å². The zero-order chi connectivity index (χ0) is 50.8. The number of carboxylic acid groups (broad SMARTS) is 1. The molecular weight excluding hydrogens is 960 g/mol. The minimum Gasteiger partial charge on any atom is -0.477 e. The monoisotopic (exact) mass is 1020 g/mol. The zero-order valence-electron chi connectivity index (χ0n) is 41.8. The molecule has 2 saturated heterocycles. The van der Waals surface area contributed by atoms with E-state index in [-0.39, 0.29) is 29.6 Å². The molecule has 73 heavy (non-hydrogen) atoms. The second-order valence-corrected chi connectivity index (χ2v) is 21.7. The summed E-state index contributed by atoms with van der Waals surface area (Å²) in [5.41, 5.74) is 9.32. The molecule has 2 aromatic carbocycles. The number of carbonyl (C=O) groups excluding carboxylic acids is 1. The number of nitrogens with zero attached hydrogens (tertiary/aromatic N) is 11. The Morgan fingerprint density at radius 2 is 1.07 bits per heavy atom. The topological polar surface area (TPSA) is 142 Å². The number of piperazine rings is 2. The number of aryl methyl sites for hydroxylation is 2. The third-order valence-corrected chi connectivity index (χ3v) is 17.0. The molecule has 8 aliphatic rings. The first-order valence-electron chi connectivity index (χ1n) is 26.2. The van der Waals surface area contributed by atoms with Crippen molar-refractivity contribution in [3.05, 3.63) is 127 Å². The number of hydrazone groups is 2. The van der Waals surface area contributed by atoms with Crippen molar-refractivity contribution in [3.8, 4) is 0 Å². The van der Waals surface area contributed by atoms with Gasteiger partial charge in [-0.2, -0.15) is 10.2 Å². The Labute approximate surface area is 438 Å². The standard InChI is InChI=1S/C28H31ClN6O.C23H21ClN4O2.C5H12N2/c1-30-24-10-7-19(17-22(24)29)35-27(18-5-3-4-6-18)21-9-11-23-20(26(21)32-35)8-12-25(31-23)28(36)34-15-13-33(2)14-16-34;1-25-19-9-6-14(12-17(19)24)28-22(13-4-2-3-5-13)16-8-10-18-15(21(16)27-28)7-11-20(26-18)23(29)30;1-7-4-2-6-3-5-7/h7-8,10,12,17-18,21,27H,3-6,9,11,13-16H2,2H3;6-7,9,11-13,16,22H,2-5,8,10H2,(H,29,30);6H,2-5H2,1H3. The van der Waals surface area contributed by atoms with Gasteiger partial charge < -0.3 is 25.1 Å². The zero-order valence-corrected chi connectivity index (χ0v) is 43.3. The molecule has 380 valence electrons. The van der Waals surface area contributed by atoms with Gasteiger partial charge in [0.25, 0.3) is 5.91 Å². The van der Waals surface area contributed by atoms with Crippen LogP contribution >= 0.6 is 23.2 Å². The summed E-state index contributed by atoms with van der Waals surface area (Å²) in [7, 11) is 4.24. The van der Waals surface area contributed by atoms with Crippen LogP contribution in [0, 0.1) is 36.8 Å². The van der Waals surface area contributed by atoms with Crippen LogP contribution in [-0.2, 0) is 12.8 Å². The Morgan fingerprint density at radius 1 is 0.616 bits per heavy atom. The van der Waals surface area contributed by atoms with Crippen molar-refractivity contribution in [1.82, 2.24) is 30.0 Å². The molecule has 2 saturated carbocycles. The highest BCUT2D eigenvalue weighted by Crippen LogP contribution is 2.47. The minimum absolute atomic E-state index is 0.0291. The molecule has 4 unspecified atom stereocenters. The number of halogens is 2. The van der Waals surface area contributed by atoms with Gasteiger partial charge in [-0.25, -0.2) is 24.5 Å². The quantitative estimate of drug-likeness (QED) is 0.179. The van der Waals surface area contributed by atoms with E-state index in [2.05, 4.69) is 60.0 Å². The van der Waals surface area contributed by atoms with Crippen LogP contribution in [0.15, 0.2) is 70.9 Å². The number of hydrogen-bond acceptors (Lipinski definition) is 11. The van der Waals surface area contributed by atoms with E-state index >= 15 is 0 Å². The Morgan fingerprint density at radius 3 is 1.49 bits per heavy atom. The molecule has 6 heterocycles. The third kappa shape index (κ3) is 10.6. The van der Waals surface area contributed by atoms with E-state index in [0.29, 0.717) is 44.9 Å². The first kappa shape index (κ1) is 50.6. The molecule has 17 heteroatoms. The lowest BCUT2D eigenvalue weighted by molar-refractivity contribution is 0.0655. The normalized spacial score (nSPS) is 23.8. The van der Waals surface area contributed by atoms with E-state index in [1.807, 2.05) is 41.3 Å². The number of aromatic carboxylic acids is 1. The maximum atomic E-state index is 13.1. The molecule has 4 aliphatic carbocycles. The number of carboxylic acids is 1. The molecule has 0 spiro atoms. The molecule has 4 aliphatic heterocycles. The average Bonchev–Trinajstić information content (AvgIpc) is 4.26. The number of rotatable bonds is 6. The maximum absolute atomic E-state index is 13.1. The smallest absolute Gasteiger partial charge is 0.354 e. The predicted octanol–water partition coefficient (Wildman–Crippen LogP) is 9.87. The van der Waals surface area contributed by atoms with Crippen molar-refractivity contribution < 1.29 is 14.7 Å². The summed E-state index contributed by atoms with van der Waals surface area (Å²) in [5.74, 6) is 0.791. The molecule has 4 atom stereocenters. The van der Waals surface area contributed by atoms with Crippen LogP contribution in [0.5, 0.6) is 0 Å². The summed E-state index contributed by atoms with van der Waals surface area (Å²) < 4.78 is 0. The van der Waals surface area contributed by atoms with Gasteiger partial charge in [-0.3, -0.25) is 14.8 Å². The van der Waals surface area contributed by atoms with Crippen LogP contribution in [0.1, 0.15) is 108 Å². The van der Waals surface area contributed by atoms with Crippen LogP contribution in [0.4, 0.5) is 22.7 Å². The van der Waals surface area contributed by atoms with Gasteiger partial charge in [-0.05, 0) is 126 Å². The lowest BCUT2D eigenvalue weighted by Gasteiger charge is -2.34. The van der Waals surface area contributed by atoms with Gasteiger partial charge in [-0.1, -0.05) is 61.0 Å². The molecule has 15 nitrogen and oxygen atoms in total. The summed E-state index contributed by atoms with van der Waals surface area (Å²) in [6.45, 7) is 22.6. The molecular formula is C56H64Cl2N12O3. The van der Waals surface area contributed by atoms with E-state index in [1.54, 1.807) is 18.2 Å². The first-order chi connectivity index (χ1) is 35.5. The fourth-order valence-corrected chi connectivity index (χ4v) is 12.9. The summed E-state index contributed by atoms with van der Waals surface area (Å²) in [6.07, 6.45) is 13.4. The largest absolute Gasteiger partial charge is 0.477 e. The van der Waals surface area contributed by atoms with Gasteiger partial charge >= 0.3 is 5.97 Å². The van der Waals surface area contributed by atoms with Crippen LogP contribution in [0.2, 0.25) is 10.0 Å². The molecule has 12 rings (SSSR count). The number of hydrogen-bond donors (Lipinski definition) is 2. The van der Waals surface area contributed by atoms with E-state index in [1.165, 1.54) is 64.5 Å². The SMILES string of the molecule is CN1CCNCC1.[C-]#[N+]c1ccc(N2N=C3c4ccc(C(=O)N5CCN(C)CC5)nc4CCC3C2C2CCCC2)cc1Cl.[C-]#[N+]c1ccc(N2N=C3c4ccc(C(=O)O)nc4CCC3C2C2CCCC2)cc1Cl. The Balaban J connectivity index is 0.000000149. The second kappa shape index (κ2) is 22.3. The Hall–Kier alpha value is -5.94. The van der Waals surface area contributed by atoms with Gasteiger partial charge in [0.05, 0.1) is 59.4 Å². The average molecular weight is 1020 g/mol. The van der Waals surface area contributed by atoms with E-state index in [9.17, 15) is 14.7 Å². The first-order valence-corrected chi connectivity index (χ1v) is 27.0. The van der Waals surface area contributed by atoms with E-state index < -0.39 is 5.97 Å². The van der Waals surface area contributed by atoms with Crippen LogP contribution in [0.25, 0.3) is 9.69 Å². The highest BCUT2D eigenvalue weighted by Gasteiger charge is 2.48. The second-order valence-electron chi connectivity index (χ2n) is 20.9. The fourth-order valence-electron chi connectivity index (χ4n) is 12.5. The lowest BCUT2D eigenvalue weighted by atomic mass is 9.76.